The molecule has 1 saturated heterocycles. The number of piperidine rings is 1. The highest BCUT2D eigenvalue weighted by atomic mass is 32.1. The van der Waals surface area contributed by atoms with Crippen LogP contribution in [0.4, 0.5) is 0 Å². The molecule has 3 heterocycles. The maximum Gasteiger partial charge on any atom is 0.193 e. The lowest BCUT2D eigenvalue weighted by molar-refractivity contribution is 0.0809. The molecule has 6 heteroatoms. The van der Waals surface area contributed by atoms with E-state index in [1.54, 1.807) is 11.3 Å². The van der Waals surface area contributed by atoms with Gasteiger partial charge in [0, 0.05) is 48.0 Å². The first kappa shape index (κ1) is 19.9. The largest absolute Gasteiger partial charge is 0.491 e. The Hall–Kier alpha value is -2.44. The van der Waals surface area contributed by atoms with Gasteiger partial charge in [0.2, 0.25) is 0 Å². The number of rotatable bonds is 7. The maximum atomic E-state index is 13.1. The number of carbonyl (C=O) groups excluding carboxylic acids is 1. The molecule has 1 fully saturated rings. The van der Waals surface area contributed by atoms with Crippen molar-refractivity contribution < 1.29 is 9.53 Å². The molecule has 2 aromatic heterocycles. The van der Waals surface area contributed by atoms with E-state index in [9.17, 15) is 4.79 Å². The summed E-state index contributed by atoms with van der Waals surface area (Å²) < 4.78 is 7.90. The van der Waals surface area contributed by atoms with Crippen LogP contribution in [0.15, 0.2) is 54.2 Å². The number of ketones is 1. The molecule has 1 aromatic carbocycles. The number of thiazole rings is 1. The van der Waals surface area contributed by atoms with Gasteiger partial charge in [0.05, 0.1) is 6.10 Å². The van der Waals surface area contributed by atoms with Crippen LogP contribution in [0.5, 0.6) is 5.75 Å². The van der Waals surface area contributed by atoms with E-state index in [-0.39, 0.29) is 17.8 Å². The fraction of sp³-hybridized carbons (Fsp3) is 0.391. The van der Waals surface area contributed by atoms with E-state index in [1.165, 1.54) is 5.69 Å². The minimum atomic E-state index is 0.0290. The van der Waals surface area contributed by atoms with Crippen LogP contribution in [0.3, 0.4) is 0 Å². The summed E-state index contributed by atoms with van der Waals surface area (Å²) in [5.41, 5.74) is 1.96. The van der Waals surface area contributed by atoms with Gasteiger partial charge in [-0.25, -0.2) is 4.98 Å². The van der Waals surface area contributed by atoms with Crippen LogP contribution in [0.2, 0.25) is 0 Å². The van der Waals surface area contributed by atoms with Crippen LogP contribution in [0, 0.1) is 5.92 Å². The van der Waals surface area contributed by atoms with Crippen LogP contribution < -0.4 is 4.74 Å². The molecule has 3 aromatic rings. The van der Waals surface area contributed by atoms with Crippen molar-refractivity contribution in [1.29, 1.82) is 0 Å². The number of hydrogen-bond donors (Lipinski definition) is 0. The van der Waals surface area contributed by atoms with E-state index in [4.69, 9.17) is 4.74 Å². The number of hydrogen-bond acceptors (Lipinski definition) is 5. The topological polar surface area (TPSA) is 47.4 Å². The van der Waals surface area contributed by atoms with Crippen molar-refractivity contribution in [1.82, 2.24) is 14.5 Å². The predicted molar refractivity (Wildman–Crippen MR) is 116 cm³/mol. The summed E-state index contributed by atoms with van der Waals surface area (Å²) in [6, 6.07) is 11.8. The van der Waals surface area contributed by atoms with Crippen molar-refractivity contribution in [3.8, 4) is 10.9 Å². The van der Waals surface area contributed by atoms with E-state index in [0.717, 1.165) is 48.9 Å². The van der Waals surface area contributed by atoms with Crippen molar-refractivity contribution in [2.24, 2.45) is 5.92 Å². The summed E-state index contributed by atoms with van der Waals surface area (Å²) in [6.07, 6.45) is 5.96. The number of aromatic nitrogens is 2. The number of likely N-dealkylation sites (tertiary alicyclic amines) is 1. The molecule has 0 saturated carbocycles. The lowest BCUT2D eigenvalue weighted by Crippen LogP contribution is -2.38. The average Bonchev–Trinajstić information content (AvgIpc) is 3.39. The standard InChI is InChI=1S/C23H27N3O2S/c1-17(2)28-21-9-3-6-18(14-21)22(27)19-7-4-11-25(15-19)16-20-8-5-12-26(20)23-24-10-13-29-23/h3,5-6,8-10,12-14,17,19H,4,7,11,15-16H2,1-2H3/t19-/m0/s1. The highest BCUT2D eigenvalue weighted by Gasteiger charge is 2.27. The highest BCUT2D eigenvalue weighted by molar-refractivity contribution is 7.12. The van der Waals surface area contributed by atoms with Gasteiger partial charge in [-0.15, -0.1) is 11.3 Å². The van der Waals surface area contributed by atoms with Crippen molar-refractivity contribution >= 4 is 17.1 Å². The van der Waals surface area contributed by atoms with Crippen LogP contribution in [0.1, 0.15) is 42.7 Å². The summed E-state index contributed by atoms with van der Waals surface area (Å²) in [5.74, 6) is 1.01. The number of ether oxygens (including phenoxy) is 1. The first-order valence-corrected chi connectivity index (χ1v) is 11.1. The monoisotopic (exact) mass is 409 g/mol. The third-order valence-corrected chi connectivity index (χ3v) is 5.98. The zero-order valence-corrected chi connectivity index (χ0v) is 17.8. The zero-order chi connectivity index (χ0) is 20.2. The number of benzene rings is 1. The Kier molecular flexibility index (Phi) is 6.11. The molecule has 5 nitrogen and oxygen atoms in total. The summed E-state index contributed by atoms with van der Waals surface area (Å²) in [5, 5.41) is 2.97. The minimum Gasteiger partial charge on any atom is -0.491 e. The van der Waals surface area contributed by atoms with Gasteiger partial charge < -0.3 is 4.74 Å². The lowest BCUT2D eigenvalue weighted by Gasteiger charge is -2.32. The molecule has 4 rings (SSSR count). The molecule has 1 atom stereocenters. The number of Topliss-reactive ketones (excluding diaryl/α,β-unsaturated/α-hetero) is 1. The quantitative estimate of drug-likeness (QED) is 0.525. The summed E-state index contributed by atoms with van der Waals surface area (Å²) in [4.78, 5) is 20.0. The Morgan fingerprint density at radius 3 is 3.00 bits per heavy atom. The Morgan fingerprint density at radius 2 is 2.21 bits per heavy atom. The molecule has 29 heavy (non-hydrogen) atoms. The Bertz CT molecular complexity index is 949. The molecule has 0 bridgehead atoms. The smallest absolute Gasteiger partial charge is 0.193 e. The van der Waals surface area contributed by atoms with E-state index in [0.29, 0.717) is 0 Å². The van der Waals surface area contributed by atoms with Gasteiger partial charge >= 0.3 is 0 Å². The number of nitrogens with zero attached hydrogens (tertiary/aromatic N) is 3. The molecule has 0 aliphatic carbocycles. The van der Waals surface area contributed by atoms with E-state index >= 15 is 0 Å². The Morgan fingerprint density at radius 1 is 1.31 bits per heavy atom. The zero-order valence-electron chi connectivity index (χ0n) is 17.0. The van der Waals surface area contributed by atoms with Crippen LogP contribution in [-0.2, 0) is 6.54 Å². The van der Waals surface area contributed by atoms with Gasteiger partial charge in [-0.05, 0) is 57.5 Å². The molecule has 152 valence electrons. The van der Waals surface area contributed by atoms with Gasteiger partial charge in [-0.3, -0.25) is 14.3 Å². The molecule has 0 unspecified atom stereocenters. The summed E-state index contributed by atoms with van der Waals surface area (Å²) in [6.45, 7) is 6.62. The summed E-state index contributed by atoms with van der Waals surface area (Å²) >= 11 is 1.63. The van der Waals surface area contributed by atoms with Crippen LogP contribution in [-0.4, -0.2) is 39.4 Å². The Labute approximate surface area is 176 Å². The van der Waals surface area contributed by atoms with Crippen molar-refractivity contribution in [2.75, 3.05) is 13.1 Å². The SMILES string of the molecule is CC(C)Oc1cccc(C(=O)[C@H]2CCCN(Cc3cccn3-c3nccs3)C2)c1. The van der Waals surface area contributed by atoms with E-state index in [2.05, 4.69) is 32.8 Å². The fourth-order valence-corrected chi connectivity index (χ4v) is 4.60. The normalized spacial score (nSPS) is 17.6. The van der Waals surface area contributed by atoms with Gasteiger partial charge in [0.1, 0.15) is 5.75 Å². The molecule has 1 aliphatic rings. The fourth-order valence-electron chi connectivity index (χ4n) is 3.94. The van der Waals surface area contributed by atoms with E-state index < -0.39 is 0 Å². The lowest BCUT2D eigenvalue weighted by atomic mass is 9.90. The number of carbonyl (C=O) groups is 1. The Balaban J connectivity index is 1.44. The second-order valence-electron chi connectivity index (χ2n) is 7.82. The molecule has 0 N–H and O–H groups in total. The molecular formula is C23H27N3O2S. The molecule has 1 aliphatic heterocycles. The maximum absolute atomic E-state index is 13.1. The second-order valence-corrected chi connectivity index (χ2v) is 8.69. The molecule has 0 radical (unpaired) electrons. The van der Waals surface area contributed by atoms with Gasteiger partial charge in [0.15, 0.2) is 10.9 Å². The average molecular weight is 410 g/mol. The third kappa shape index (κ3) is 4.77. The summed E-state index contributed by atoms with van der Waals surface area (Å²) in [7, 11) is 0. The van der Waals surface area contributed by atoms with Crippen molar-refractivity contribution in [2.45, 2.75) is 39.3 Å². The van der Waals surface area contributed by atoms with Crippen LogP contribution >= 0.6 is 11.3 Å². The molecule has 0 amide bonds. The minimum absolute atomic E-state index is 0.0290. The van der Waals surface area contributed by atoms with Gasteiger partial charge in [0.25, 0.3) is 0 Å². The predicted octanol–water partition coefficient (Wildman–Crippen LogP) is 4.82. The highest BCUT2D eigenvalue weighted by Crippen LogP contribution is 2.25. The first-order valence-electron chi connectivity index (χ1n) is 10.2. The second kappa shape index (κ2) is 8.93. The first-order chi connectivity index (χ1) is 14.1. The third-order valence-electron chi connectivity index (χ3n) is 5.21. The van der Waals surface area contributed by atoms with Gasteiger partial charge in [-0.2, -0.15) is 0 Å². The van der Waals surface area contributed by atoms with Gasteiger partial charge in [-0.1, -0.05) is 12.1 Å². The van der Waals surface area contributed by atoms with Crippen LogP contribution in [0.25, 0.3) is 5.13 Å². The van der Waals surface area contributed by atoms with E-state index in [1.807, 2.05) is 49.7 Å². The van der Waals surface area contributed by atoms with Crippen molar-refractivity contribution in [3.05, 3.63) is 65.4 Å². The molecular weight excluding hydrogens is 382 g/mol. The molecule has 0 spiro atoms. The van der Waals surface area contributed by atoms with Crippen molar-refractivity contribution in [3.63, 3.8) is 0 Å².